The van der Waals surface area contributed by atoms with Crippen molar-refractivity contribution in [1.29, 1.82) is 5.26 Å². The molecule has 0 aliphatic carbocycles. The number of unbranched alkanes of at least 4 members (excludes halogenated alkanes) is 6. The Bertz CT molecular complexity index is 577. The molecule has 20 heavy (non-hydrogen) atoms. The van der Waals surface area contributed by atoms with Gasteiger partial charge in [-0.3, -0.25) is 0 Å². The predicted molar refractivity (Wildman–Crippen MR) is 82.5 cm³/mol. The minimum Gasteiger partial charge on any atom is -0.342 e. The minimum atomic E-state index is 0.657. The van der Waals surface area contributed by atoms with Crippen molar-refractivity contribution in [3.63, 3.8) is 0 Å². The number of nitrogens with one attached hydrogen (secondary N) is 1. The van der Waals surface area contributed by atoms with Gasteiger partial charge in [0.1, 0.15) is 17.4 Å². The van der Waals surface area contributed by atoms with Crippen LogP contribution >= 0.6 is 0 Å². The van der Waals surface area contributed by atoms with Crippen molar-refractivity contribution >= 4 is 11.0 Å². The van der Waals surface area contributed by atoms with Crippen LogP contribution in [0.5, 0.6) is 0 Å². The summed E-state index contributed by atoms with van der Waals surface area (Å²) >= 11 is 0. The van der Waals surface area contributed by atoms with Gasteiger partial charge in [-0.25, -0.2) is 4.98 Å². The zero-order valence-electron chi connectivity index (χ0n) is 12.3. The molecule has 0 spiro atoms. The Morgan fingerprint density at radius 3 is 2.60 bits per heavy atom. The second-order valence-electron chi connectivity index (χ2n) is 5.37. The Labute approximate surface area is 121 Å². The number of aromatic nitrogens is 2. The first-order valence-corrected chi connectivity index (χ1v) is 7.73. The second kappa shape index (κ2) is 7.69. The Hall–Kier alpha value is -1.82. The monoisotopic (exact) mass is 269 g/mol. The number of benzene rings is 1. The van der Waals surface area contributed by atoms with Crippen LogP contribution in [0.15, 0.2) is 18.2 Å². The maximum atomic E-state index is 9.06. The number of imidazole rings is 1. The van der Waals surface area contributed by atoms with E-state index in [4.69, 9.17) is 5.26 Å². The summed E-state index contributed by atoms with van der Waals surface area (Å²) in [7, 11) is 0. The summed E-state index contributed by atoms with van der Waals surface area (Å²) in [4.78, 5) is 7.87. The highest BCUT2D eigenvalue weighted by Crippen LogP contribution is 2.17. The molecule has 0 radical (unpaired) electrons. The lowest BCUT2D eigenvalue weighted by atomic mass is 10.1. The standard InChI is InChI=1S/C17H23N3/c1-2-3-4-5-6-7-8-12-16-19-15-11-9-10-14(13-18)17(15)20-16/h9-11H,2-8,12H2,1H3,(H,19,20). The summed E-state index contributed by atoms with van der Waals surface area (Å²) in [6, 6.07) is 7.90. The highest BCUT2D eigenvalue weighted by molar-refractivity contribution is 5.81. The molecule has 2 aromatic rings. The maximum absolute atomic E-state index is 9.06. The number of hydrogen-bond donors (Lipinski definition) is 1. The average molecular weight is 269 g/mol. The van der Waals surface area contributed by atoms with E-state index in [1.807, 2.05) is 18.2 Å². The molecule has 3 heteroatoms. The third-order valence-corrected chi connectivity index (χ3v) is 3.70. The van der Waals surface area contributed by atoms with Crippen molar-refractivity contribution in [3.05, 3.63) is 29.6 Å². The summed E-state index contributed by atoms with van der Waals surface area (Å²) in [6.45, 7) is 2.25. The van der Waals surface area contributed by atoms with Crippen LogP contribution in [0.1, 0.15) is 63.3 Å². The van der Waals surface area contributed by atoms with E-state index >= 15 is 0 Å². The number of para-hydroxylation sites is 1. The lowest BCUT2D eigenvalue weighted by Gasteiger charge is -1.99. The number of aromatic amines is 1. The Balaban J connectivity index is 1.81. The van der Waals surface area contributed by atoms with E-state index in [1.165, 1.54) is 44.9 Å². The Morgan fingerprint density at radius 1 is 1.10 bits per heavy atom. The van der Waals surface area contributed by atoms with Crippen molar-refractivity contribution < 1.29 is 0 Å². The fourth-order valence-corrected chi connectivity index (χ4v) is 2.54. The molecule has 0 saturated heterocycles. The smallest absolute Gasteiger partial charge is 0.107 e. The second-order valence-corrected chi connectivity index (χ2v) is 5.37. The lowest BCUT2D eigenvalue weighted by Crippen LogP contribution is -1.88. The van der Waals surface area contributed by atoms with E-state index in [2.05, 4.69) is 23.0 Å². The van der Waals surface area contributed by atoms with Gasteiger partial charge in [0.2, 0.25) is 0 Å². The van der Waals surface area contributed by atoms with Gasteiger partial charge in [0.15, 0.2) is 0 Å². The molecule has 106 valence electrons. The highest BCUT2D eigenvalue weighted by Gasteiger charge is 2.06. The molecule has 3 nitrogen and oxygen atoms in total. The van der Waals surface area contributed by atoms with Gasteiger partial charge in [-0.1, -0.05) is 51.5 Å². The van der Waals surface area contributed by atoms with Crippen LogP contribution in [-0.4, -0.2) is 9.97 Å². The summed E-state index contributed by atoms with van der Waals surface area (Å²) < 4.78 is 0. The third-order valence-electron chi connectivity index (χ3n) is 3.70. The van der Waals surface area contributed by atoms with Crippen molar-refractivity contribution in [2.24, 2.45) is 0 Å². The normalized spacial score (nSPS) is 10.8. The Morgan fingerprint density at radius 2 is 1.85 bits per heavy atom. The molecule has 0 saturated carbocycles. The quantitative estimate of drug-likeness (QED) is 0.704. The first kappa shape index (κ1) is 14.6. The van der Waals surface area contributed by atoms with Crippen LogP contribution in [0, 0.1) is 11.3 Å². The molecule has 0 aliphatic rings. The number of aryl methyl sites for hydroxylation is 1. The van der Waals surface area contributed by atoms with Crippen molar-refractivity contribution in [2.45, 2.75) is 58.3 Å². The zero-order chi connectivity index (χ0) is 14.2. The third kappa shape index (κ3) is 3.84. The van der Waals surface area contributed by atoms with E-state index < -0.39 is 0 Å². The van der Waals surface area contributed by atoms with Crippen LogP contribution in [0.25, 0.3) is 11.0 Å². The average Bonchev–Trinajstić information content (AvgIpc) is 2.89. The van der Waals surface area contributed by atoms with Gasteiger partial charge in [-0.05, 0) is 18.6 Å². The molecule has 0 amide bonds. The predicted octanol–water partition coefficient (Wildman–Crippen LogP) is 4.73. The number of nitriles is 1. The molecule has 1 aromatic heterocycles. The van der Waals surface area contributed by atoms with Crippen molar-refractivity contribution in [3.8, 4) is 6.07 Å². The molecule has 0 atom stereocenters. The van der Waals surface area contributed by atoms with E-state index in [0.717, 1.165) is 23.3 Å². The van der Waals surface area contributed by atoms with E-state index in [1.54, 1.807) is 0 Å². The largest absolute Gasteiger partial charge is 0.342 e. The molecule has 0 fully saturated rings. The van der Waals surface area contributed by atoms with Gasteiger partial charge in [0, 0.05) is 6.42 Å². The van der Waals surface area contributed by atoms with Gasteiger partial charge in [-0.2, -0.15) is 5.26 Å². The summed E-state index contributed by atoms with van der Waals surface area (Å²) in [5, 5.41) is 9.06. The van der Waals surface area contributed by atoms with E-state index in [0.29, 0.717) is 5.56 Å². The molecule has 0 aliphatic heterocycles. The van der Waals surface area contributed by atoms with Gasteiger partial charge in [0.05, 0.1) is 11.1 Å². The van der Waals surface area contributed by atoms with Crippen LogP contribution < -0.4 is 0 Å². The Kier molecular flexibility index (Phi) is 5.61. The number of rotatable bonds is 8. The summed E-state index contributed by atoms with van der Waals surface area (Å²) in [5.41, 5.74) is 2.44. The molecule has 1 N–H and O–H groups in total. The molecule has 1 heterocycles. The summed E-state index contributed by atoms with van der Waals surface area (Å²) in [6.07, 6.45) is 10.1. The minimum absolute atomic E-state index is 0.657. The number of fused-ring (bicyclic) bond motifs is 1. The van der Waals surface area contributed by atoms with E-state index in [-0.39, 0.29) is 0 Å². The van der Waals surface area contributed by atoms with Crippen LogP contribution in [0.2, 0.25) is 0 Å². The fourth-order valence-electron chi connectivity index (χ4n) is 2.54. The molecular weight excluding hydrogens is 246 g/mol. The van der Waals surface area contributed by atoms with E-state index in [9.17, 15) is 0 Å². The highest BCUT2D eigenvalue weighted by atomic mass is 14.9. The molecule has 1 aromatic carbocycles. The summed E-state index contributed by atoms with van der Waals surface area (Å²) in [5.74, 6) is 1.01. The first-order chi connectivity index (χ1) is 9.85. The zero-order valence-corrected chi connectivity index (χ0v) is 12.3. The number of H-pyrrole nitrogens is 1. The van der Waals surface area contributed by atoms with Crippen molar-refractivity contribution in [2.75, 3.05) is 0 Å². The van der Waals surface area contributed by atoms with Gasteiger partial charge in [-0.15, -0.1) is 0 Å². The number of nitrogens with zero attached hydrogens (tertiary/aromatic N) is 2. The van der Waals surface area contributed by atoms with Crippen LogP contribution in [0.4, 0.5) is 0 Å². The maximum Gasteiger partial charge on any atom is 0.107 e. The van der Waals surface area contributed by atoms with Crippen LogP contribution in [-0.2, 0) is 6.42 Å². The molecule has 0 unspecified atom stereocenters. The number of hydrogen-bond acceptors (Lipinski definition) is 2. The van der Waals surface area contributed by atoms with Crippen LogP contribution in [0.3, 0.4) is 0 Å². The SMILES string of the molecule is CCCCCCCCCc1nc2c(C#N)cccc2[nH]1. The lowest BCUT2D eigenvalue weighted by molar-refractivity contribution is 0.585. The van der Waals surface area contributed by atoms with Gasteiger partial charge < -0.3 is 4.98 Å². The first-order valence-electron chi connectivity index (χ1n) is 7.73. The molecule has 2 rings (SSSR count). The van der Waals surface area contributed by atoms with Gasteiger partial charge in [0.25, 0.3) is 0 Å². The molecular formula is C17H23N3. The van der Waals surface area contributed by atoms with Gasteiger partial charge >= 0.3 is 0 Å². The topological polar surface area (TPSA) is 52.5 Å². The molecule has 0 bridgehead atoms. The van der Waals surface area contributed by atoms with Crippen molar-refractivity contribution in [1.82, 2.24) is 9.97 Å². The fraction of sp³-hybridized carbons (Fsp3) is 0.529.